The van der Waals surface area contributed by atoms with Gasteiger partial charge in [0.05, 0.1) is 29.2 Å². The zero-order valence-electron chi connectivity index (χ0n) is 18.0. The fourth-order valence-electron chi connectivity index (χ4n) is 3.01. The van der Waals surface area contributed by atoms with E-state index in [0.29, 0.717) is 28.7 Å². The number of esters is 1. The van der Waals surface area contributed by atoms with Crippen molar-refractivity contribution in [2.24, 2.45) is 5.10 Å². The van der Waals surface area contributed by atoms with Gasteiger partial charge in [0.2, 0.25) is 0 Å². The van der Waals surface area contributed by atoms with Gasteiger partial charge in [-0.1, -0.05) is 29.3 Å². The van der Waals surface area contributed by atoms with Crippen molar-refractivity contribution in [2.45, 2.75) is 26.2 Å². The number of methoxy groups -OCH3 is 1. The first kappa shape index (κ1) is 24.1. The third kappa shape index (κ3) is 5.80. The fourth-order valence-corrected chi connectivity index (χ4v) is 3.37. The van der Waals surface area contributed by atoms with Crippen molar-refractivity contribution in [3.05, 3.63) is 72.7 Å². The maximum Gasteiger partial charge on any atom is 0.343 e. The highest BCUT2D eigenvalue weighted by atomic mass is 79.9. The molecule has 11 heteroatoms. The van der Waals surface area contributed by atoms with Gasteiger partial charge in [-0.05, 0) is 36.8 Å². The van der Waals surface area contributed by atoms with E-state index in [0.717, 1.165) is 17.3 Å². The normalized spacial score (nSPS) is 11.1. The number of ether oxygens (including phenoxy) is 2. The standard InChI is InChI=1S/C22H21BrN4O6/c1-3-4-5-20-25-17-8-7-15(23)11-16(17)22(29)26(20)24-12-14-6-9-19(18(10-14)27(30)31)33-13-21(28)32-2/h6-12H,3-5,13H2,1-2H3. The van der Waals surface area contributed by atoms with Gasteiger partial charge in [-0.25, -0.2) is 9.78 Å². The molecule has 0 spiro atoms. The number of aromatic nitrogens is 2. The van der Waals surface area contributed by atoms with Gasteiger partial charge in [-0.3, -0.25) is 14.9 Å². The zero-order valence-corrected chi connectivity index (χ0v) is 19.6. The molecule has 0 atom stereocenters. The molecule has 3 aromatic rings. The fraction of sp³-hybridized carbons (Fsp3) is 0.273. The molecule has 0 bridgehead atoms. The number of hydrogen-bond donors (Lipinski definition) is 0. The predicted molar refractivity (Wildman–Crippen MR) is 126 cm³/mol. The maximum atomic E-state index is 13.1. The van der Waals surface area contributed by atoms with Crippen LogP contribution in [0.15, 0.2) is 50.8 Å². The van der Waals surface area contributed by atoms with Crippen LogP contribution in [0.2, 0.25) is 0 Å². The molecule has 0 fully saturated rings. The van der Waals surface area contributed by atoms with Crippen molar-refractivity contribution in [1.29, 1.82) is 0 Å². The number of carbonyl (C=O) groups excluding carboxylic acids is 1. The Kier molecular flexibility index (Phi) is 7.88. The Morgan fingerprint density at radius 2 is 2.09 bits per heavy atom. The summed E-state index contributed by atoms with van der Waals surface area (Å²) in [5.41, 5.74) is 0.261. The van der Waals surface area contributed by atoms with Gasteiger partial charge in [-0.15, -0.1) is 0 Å². The van der Waals surface area contributed by atoms with E-state index < -0.39 is 17.5 Å². The first-order valence-corrected chi connectivity index (χ1v) is 10.9. The van der Waals surface area contributed by atoms with E-state index in [2.05, 4.69) is 30.8 Å². The van der Waals surface area contributed by atoms with Crippen LogP contribution in [0.25, 0.3) is 10.9 Å². The van der Waals surface area contributed by atoms with Gasteiger partial charge in [-0.2, -0.15) is 9.78 Å². The summed E-state index contributed by atoms with van der Waals surface area (Å²) in [4.78, 5) is 39.8. The van der Waals surface area contributed by atoms with Crippen molar-refractivity contribution in [3.63, 3.8) is 0 Å². The van der Waals surface area contributed by atoms with Crippen LogP contribution in [0, 0.1) is 10.1 Å². The Hall–Kier alpha value is -3.60. The summed E-state index contributed by atoms with van der Waals surface area (Å²) >= 11 is 3.36. The van der Waals surface area contributed by atoms with Crippen LogP contribution in [-0.2, 0) is 16.0 Å². The minimum atomic E-state index is -0.663. The second kappa shape index (κ2) is 10.8. The molecule has 0 saturated carbocycles. The van der Waals surface area contributed by atoms with Crippen LogP contribution < -0.4 is 10.3 Å². The number of aryl methyl sites for hydroxylation is 1. The van der Waals surface area contributed by atoms with Gasteiger partial charge >= 0.3 is 11.7 Å². The van der Waals surface area contributed by atoms with Gasteiger partial charge in [0, 0.05) is 22.5 Å². The van der Waals surface area contributed by atoms with Crippen LogP contribution in [0.5, 0.6) is 5.75 Å². The van der Waals surface area contributed by atoms with Crippen LogP contribution in [-0.4, -0.2) is 40.5 Å². The van der Waals surface area contributed by atoms with Crippen molar-refractivity contribution < 1.29 is 19.2 Å². The van der Waals surface area contributed by atoms with Crippen molar-refractivity contribution >= 4 is 44.7 Å². The molecule has 0 unspecified atom stereocenters. The number of nitrogens with zero attached hydrogens (tertiary/aromatic N) is 4. The molecule has 0 N–H and O–H groups in total. The van der Waals surface area contributed by atoms with E-state index >= 15 is 0 Å². The third-order valence-electron chi connectivity index (χ3n) is 4.70. The summed E-state index contributed by atoms with van der Waals surface area (Å²) < 4.78 is 11.6. The molecule has 0 saturated heterocycles. The zero-order chi connectivity index (χ0) is 24.0. The Morgan fingerprint density at radius 1 is 1.30 bits per heavy atom. The number of benzene rings is 2. The van der Waals surface area contributed by atoms with Gasteiger partial charge < -0.3 is 9.47 Å². The third-order valence-corrected chi connectivity index (χ3v) is 5.20. The quantitative estimate of drug-likeness (QED) is 0.183. The largest absolute Gasteiger partial charge is 0.475 e. The Balaban J connectivity index is 2.01. The van der Waals surface area contributed by atoms with Crippen molar-refractivity contribution in [1.82, 2.24) is 9.66 Å². The van der Waals surface area contributed by atoms with Crippen LogP contribution in [0.3, 0.4) is 0 Å². The molecule has 1 heterocycles. The highest BCUT2D eigenvalue weighted by molar-refractivity contribution is 9.10. The lowest BCUT2D eigenvalue weighted by Gasteiger charge is -2.09. The molecule has 0 radical (unpaired) electrons. The van der Waals surface area contributed by atoms with Crippen LogP contribution >= 0.6 is 15.9 Å². The minimum absolute atomic E-state index is 0.0828. The molecule has 0 aliphatic heterocycles. The van der Waals surface area contributed by atoms with E-state index in [1.807, 2.05) is 13.0 Å². The van der Waals surface area contributed by atoms with Gasteiger partial charge in [0.1, 0.15) is 5.82 Å². The lowest BCUT2D eigenvalue weighted by Crippen LogP contribution is -2.22. The van der Waals surface area contributed by atoms with Crippen molar-refractivity contribution in [3.8, 4) is 5.75 Å². The van der Waals surface area contributed by atoms with E-state index in [9.17, 15) is 19.7 Å². The lowest BCUT2D eigenvalue weighted by molar-refractivity contribution is -0.385. The molecular formula is C22H21BrN4O6. The smallest absolute Gasteiger partial charge is 0.343 e. The van der Waals surface area contributed by atoms with Crippen molar-refractivity contribution in [2.75, 3.05) is 13.7 Å². The highest BCUT2D eigenvalue weighted by Gasteiger charge is 2.17. The van der Waals surface area contributed by atoms with Gasteiger partial charge in [0.15, 0.2) is 12.4 Å². The number of fused-ring (bicyclic) bond motifs is 1. The molecule has 33 heavy (non-hydrogen) atoms. The number of hydrogen-bond acceptors (Lipinski definition) is 8. The molecule has 0 aliphatic carbocycles. The second-order valence-corrected chi connectivity index (χ2v) is 7.92. The molecule has 172 valence electrons. The average Bonchev–Trinajstić information content (AvgIpc) is 2.81. The summed E-state index contributed by atoms with van der Waals surface area (Å²) in [5, 5.41) is 16.2. The maximum absolute atomic E-state index is 13.1. The number of nitro groups is 1. The summed E-state index contributed by atoms with van der Waals surface area (Å²) in [6, 6.07) is 9.40. The SMILES string of the molecule is CCCCc1nc2ccc(Br)cc2c(=O)n1N=Cc1ccc(OCC(=O)OC)c([N+](=O)[O-])c1. The number of rotatable bonds is 9. The van der Waals surface area contributed by atoms with Crippen LogP contribution in [0.1, 0.15) is 31.2 Å². The van der Waals surface area contributed by atoms with E-state index in [1.165, 1.54) is 36.2 Å². The second-order valence-electron chi connectivity index (χ2n) is 7.00. The Morgan fingerprint density at radius 3 is 2.79 bits per heavy atom. The molecule has 1 aromatic heterocycles. The number of carbonyl (C=O) groups is 1. The summed E-state index contributed by atoms with van der Waals surface area (Å²) in [7, 11) is 1.19. The highest BCUT2D eigenvalue weighted by Crippen LogP contribution is 2.27. The minimum Gasteiger partial charge on any atom is -0.475 e. The number of nitro benzene ring substituents is 1. The molecule has 0 aliphatic rings. The van der Waals surface area contributed by atoms with Gasteiger partial charge in [0.25, 0.3) is 5.56 Å². The molecule has 2 aromatic carbocycles. The van der Waals surface area contributed by atoms with Crippen LogP contribution in [0.4, 0.5) is 5.69 Å². The monoisotopic (exact) mass is 516 g/mol. The lowest BCUT2D eigenvalue weighted by atomic mass is 10.2. The van der Waals surface area contributed by atoms with E-state index in [4.69, 9.17) is 4.74 Å². The first-order chi connectivity index (χ1) is 15.8. The molecule has 0 amide bonds. The predicted octanol–water partition coefficient (Wildman–Crippen LogP) is 3.84. The molecule has 10 nitrogen and oxygen atoms in total. The average molecular weight is 517 g/mol. The van der Waals surface area contributed by atoms with E-state index in [-0.39, 0.29) is 17.0 Å². The Bertz CT molecular complexity index is 1290. The summed E-state index contributed by atoms with van der Waals surface area (Å²) in [6.07, 6.45) is 3.63. The first-order valence-electron chi connectivity index (χ1n) is 10.1. The molecular weight excluding hydrogens is 496 g/mol. The summed E-state index contributed by atoms with van der Waals surface area (Å²) in [5.74, 6) is -0.245. The number of halogens is 1. The summed E-state index contributed by atoms with van der Waals surface area (Å²) in [6.45, 7) is 1.58. The number of unbranched alkanes of at least 4 members (excludes halogenated alkanes) is 1. The Labute approximate surface area is 197 Å². The molecule has 3 rings (SSSR count). The topological polar surface area (TPSA) is 126 Å². The van der Waals surface area contributed by atoms with E-state index in [1.54, 1.807) is 12.1 Å².